The van der Waals surface area contributed by atoms with E-state index in [2.05, 4.69) is 26.5 Å². The summed E-state index contributed by atoms with van der Waals surface area (Å²) in [5.41, 5.74) is 7.93. The summed E-state index contributed by atoms with van der Waals surface area (Å²) >= 11 is 0. The van der Waals surface area contributed by atoms with Crippen LogP contribution in [0.4, 0.5) is 17.3 Å². The smallest absolute Gasteiger partial charge is 0.271 e. The molecule has 2 aromatic rings. The van der Waals surface area contributed by atoms with Crippen molar-refractivity contribution in [3.05, 3.63) is 52.9 Å². The SMILES string of the molecule is C#Cc1nc(C(N)=O)c(Nc2cccc(CCNC(=O)CN(C)C(=O)/C(C)=C/CN(C)C)c2)nc1N(C)C(C)C. The summed E-state index contributed by atoms with van der Waals surface area (Å²) in [7, 11) is 7.29. The van der Waals surface area contributed by atoms with Crippen LogP contribution < -0.4 is 21.3 Å². The normalized spacial score (nSPS) is 11.2. The molecule has 4 N–H and O–H groups in total. The van der Waals surface area contributed by atoms with Crippen molar-refractivity contribution >= 4 is 35.0 Å². The molecule has 1 heterocycles. The molecule has 1 aromatic heterocycles. The lowest BCUT2D eigenvalue weighted by Crippen LogP contribution is -2.39. The number of carbonyl (C=O) groups excluding carboxylic acids is 3. The zero-order valence-corrected chi connectivity index (χ0v) is 24.4. The average molecular weight is 549 g/mol. The monoisotopic (exact) mass is 548 g/mol. The van der Waals surface area contributed by atoms with E-state index in [1.54, 1.807) is 14.0 Å². The van der Waals surface area contributed by atoms with E-state index in [1.807, 2.05) is 75.1 Å². The van der Waals surface area contributed by atoms with E-state index in [0.717, 1.165) is 5.56 Å². The lowest BCUT2D eigenvalue weighted by atomic mass is 10.1. The summed E-state index contributed by atoms with van der Waals surface area (Å²) in [4.78, 5) is 51.1. The highest BCUT2D eigenvalue weighted by Gasteiger charge is 2.20. The maximum atomic E-state index is 12.5. The van der Waals surface area contributed by atoms with E-state index in [1.165, 1.54) is 4.90 Å². The zero-order chi connectivity index (χ0) is 30.0. The van der Waals surface area contributed by atoms with Crippen molar-refractivity contribution in [3.8, 4) is 12.3 Å². The van der Waals surface area contributed by atoms with Gasteiger partial charge in [0.1, 0.15) is 0 Å². The van der Waals surface area contributed by atoms with Crippen LogP contribution >= 0.6 is 0 Å². The van der Waals surface area contributed by atoms with Gasteiger partial charge in [0.05, 0.1) is 6.54 Å². The number of likely N-dealkylation sites (N-methyl/N-ethyl adjacent to an activating group) is 2. The van der Waals surface area contributed by atoms with Gasteiger partial charge in [0.2, 0.25) is 11.8 Å². The minimum atomic E-state index is -0.754. The number of carbonyl (C=O) groups is 3. The quantitative estimate of drug-likeness (QED) is 0.255. The first-order valence-corrected chi connectivity index (χ1v) is 12.9. The molecule has 0 saturated heterocycles. The molecular formula is C29H40N8O3. The van der Waals surface area contributed by atoms with Crippen LogP contribution in [-0.4, -0.2) is 91.4 Å². The average Bonchev–Trinajstić information content (AvgIpc) is 2.90. The Labute approximate surface area is 236 Å². The maximum Gasteiger partial charge on any atom is 0.271 e. The lowest BCUT2D eigenvalue weighted by molar-refractivity contribution is -0.131. The summed E-state index contributed by atoms with van der Waals surface area (Å²) in [6.07, 6.45) is 8.00. The van der Waals surface area contributed by atoms with Gasteiger partial charge in [-0.3, -0.25) is 14.4 Å². The number of anilines is 3. The number of hydrogen-bond donors (Lipinski definition) is 3. The van der Waals surface area contributed by atoms with Gasteiger partial charge in [0.15, 0.2) is 23.0 Å². The minimum absolute atomic E-state index is 0.0387. The van der Waals surface area contributed by atoms with E-state index >= 15 is 0 Å². The van der Waals surface area contributed by atoms with Crippen LogP contribution in [0, 0.1) is 12.3 Å². The van der Waals surface area contributed by atoms with Crippen LogP contribution in [-0.2, 0) is 16.0 Å². The zero-order valence-electron chi connectivity index (χ0n) is 24.4. The standard InChI is InChI=1S/C29H40N8O3/c1-9-23-28(37(8)19(2)3)34-27(25(33-23)26(30)39)32-22-12-10-11-21(17-22)13-15-31-24(38)18-36(7)29(40)20(4)14-16-35(5)6/h1,10-12,14,17,19H,13,15-16,18H2,2-8H3,(H2,30,39)(H,31,38)(H,32,34)/b20-14+. The molecule has 0 saturated carbocycles. The molecule has 0 aliphatic heterocycles. The number of aromatic nitrogens is 2. The van der Waals surface area contributed by atoms with Gasteiger partial charge in [0, 0.05) is 44.5 Å². The van der Waals surface area contributed by atoms with Gasteiger partial charge in [-0.05, 0) is 64.9 Å². The van der Waals surface area contributed by atoms with Crippen molar-refractivity contribution in [2.75, 3.05) is 58.0 Å². The van der Waals surface area contributed by atoms with Gasteiger partial charge in [-0.2, -0.15) is 0 Å². The van der Waals surface area contributed by atoms with Gasteiger partial charge in [0.25, 0.3) is 5.91 Å². The van der Waals surface area contributed by atoms with Crippen LogP contribution in [0.1, 0.15) is 42.5 Å². The molecule has 3 amide bonds. The van der Waals surface area contributed by atoms with E-state index < -0.39 is 5.91 Å². The first kappa shape index (κ1) is 31.8. The highest BCUT2D eigenvalue weighted by molar-refractivity contribution is 5.97. The molecule has 11 heteroatoms. The highest BCUT2D eigenvalue weighted by Crippen LogP contribution is 2.25. The molecule has 1 aromatic carbocycles. The molecule has 0 aliphatic carbocycles. The largest absolute Gasteiger partial charge is 0.364 e. The fourth-order valence-electron chi connectivity index (χ4n) is 3.61. The topological polar surface area (TPSA) is 137 Å². The Hall–Kier alpha value is -4.43. The van der Waals surface area contributed by atoms with E-state index in [9.17, 15) is 14.4 Å². The lowest BCUT2D eigenvalue weighted by Gasteiger charge is -2.24. The Kier molecular flexibility index (Phi) is 11.6. The predicted octanol–water partition coefficient (Wildman–Crippen LogP) is 1.77. The number of nitrogens with one attached hydrogen (secondary N) is 2. The fraction of sp³-hybridized carbons (Fsp3) is 0.414. The number of amides is 3. The Bertz CT molecular complexity index is 1300. The van der Waals surface area contributed by atoms with Gasteiger partial charge >= 0.3 is 0 Å². The first-order valence-electron chi connectivity index (χ1n) is 12.9. The maximum absolute atomic E-state index is 12.5. The number of benzene rings is 1. The van der Waals surface area contributed by atoms with Crippen molar-refractivity contribution in [2.45, 2.75) is 33.2 Å². The number of nitrogens with zero attached hydrogens (tertiary/aromatic N) is 5. The van der Waals surface area contributed by atoms with E-state index in [-0.39, 0.29) is 41.6 Å². The second kappa shape index (κ2) is 14.6. The number of rotatable bonds is 13. The molecule has 40 heavy (non-hydrogen) atoms. The summed E-state index contributed by atoms with van der Waals surface area (Å²) in [6, 6.07) is 7.57. The fourth-order valence-corrected chi connectivity index (χ4v) is 3.61. The minimum Gasteiger partial charge on any atom is -0.364 e. The molecule has 214 valence electrons. The number of hydrogen-bond acceptors (Lipinski definition) is 8. The second-order valence-corrected chi connectivity index (χ2v) is 10.0. The third kappa shape index (κ3) is 9.10. The van der Waals surface area contributed by atoms with Crippen LogP contribution in [0.25, 0.3) is 0 Å². The Balaban J connectivity index is 2.07. The van der Waals surface area contributed by atoms with Gasteiger partial charge < -0.3 is 31.1 Å². The molecule has 0 bridgehead atoms. The molecule has 11 nitrogen and oxygen atoms in total. The van der Waals surface area contributed by atoms with Crippen LogP contribution in [0.5, 0.6) is 0 Å². The second-order valence-electron chi connectivity index (χ2n) is 10.0. The molecular weight excluding hydrogens is 508 g/mol. The molecule has 0 atom stereocenters. The summed E-state index contributed by atoms with van der Waals surface area (Å²) in [5.74, 6) is 1.94. The van der Waals surface area contributed by atoms with Gasteiger partial charge in [-0.1, -0.05) is 18.2 Å². The molecule has 0 radical (unpaired) electrons. The Morgan fingerprint density at radius 3 is 2.45 bits per heavy atom. The van der Waals surface area contributed by atoms with Crippen LogP contribution in [0.2, 0.25) is 0 Å². The molecule has 0 fully saturated rings. The predicted molar refractivity (Wildman–Crippen MR) is 158 cm³/mol. The Morgan fingerprint density at radius 1 is 1.15 bits per heavy atom. The van der Waals surface area contributed by atoms with Gasteiger partial charge in [-0.15, -0.1) is 6.42 Å². The van der Waals surface area contributed by atoms with Crippen molar-refractivity contribution in [2.24, 2.45) is 5.73 Å². The van der Waals surface area contributed by atoms with Crippen LogP contribution in [0.15, 0.2) is 35.9 Å². The number of primary amides is 1. The summed E-state index contributed by atoms with van der Waals surface area (Å²) in [5, 5.41) is 5.99. The summed E-state index contributed by atoms with van der Waals surface area (Å²) in [6.45, 7) is 6.70. The Morgan fingerprint density at radius 2 is 1.85 bits per heavy atom. The number of terminal acetylenes is 1. The van der Waals surface area contributed by atoms with Crippen molar-refractivity contribution in [1.29, 1.82) is 0 Å². The van der Waals surface area contributed by atoms with Crippen molar-refractivity contribution in [3.63, 3.8) is 0 Å². The number of nitrogens with two attached hydrogens (primary N) is 1. The van der Waals surface area contributed by atoms with Crippen molar-refractivity contribution in [1.82, 2.24) is 25.1 Å². The van der Waals surface area contributed by atoms with E-state index in [4.69, 9.17) is 12.2 Å². The summed E-state index contributed by atoms with van der Waals surface area (Å²) < 4.78 is 0. The molecule has 0 aliphatic rings. The third-order valence-corrected chi connectivity index (χ3v) is 6.11. The molecule has 0 spiro atoms. The highest BCUT2D eigenvalue weighted by atomic mass is 16.2. The van der Waals surface area contributed by atoms with Crippen LogP contribution in [0.3, 0.4) is 0 Å². The molecule has 2 rings (SSSR count). The third-order valence-electron chi connectivity index (χ3n) is 6.11. The van der Waals surface area contributed by atoms with Crippen molar-refractivity contribution < 1.29 is 14.4 Å². The van der Waals surface area contributed by atoms with E-state index in [0.29, 0.717) is 36.6 Å². The van der Waals surface area contributed by atoms with Gasteiger partial charge in [-0.25, -0.2) is 9.97 Å². The first-order chi connectivity index (χ1) is 18.8. The molecule has 0 unspecified atom stereocenters.